The van der Waals surface area contributed by atoms with E-state index in [9.17, 15) is 4.79 Å². The lowest BCUT2D eigenvalue weighted by atomic mass is 10.1. The van der Waals surface area contributed by atoms with Gasteiger partial charge in [-0.05, 0) is 30.2 Å². The van der Waals surface area contributed by atoms with E-state index in [1.165, 1.54) is 5.56 Å². The van der Waals surface area contributed by atoms with E-state index in [1.807, 2.05) is 55.5 Å². The molecular formula is C21H22N4O3. The summed E-state index contributed by atoms with van der Waals surface area (Å²) >= 11 is 0. The summed E-state index contributed by atoms with van der Waals surface area (Å²) in [5, 5.41) is 11.1. The van der Waals surface area contributed by atoms with Gasteiger partial charge in [0.2, 0.25) is 0 Å². The van der Waals surface area contributed by atoms with Crippen LogP contribution in [0.1, 0.15) is 39.0 Å². The minimum absolute atomic E-state index is 0.136. The van der Waals surface area contributed by atoms with E-state index in [1.54, 1.807) is 11.8 Å². The average molecular weight is 378 g/mol. The second-order valence-corrected chi connectivity index (χ2v) is 6.81. The Morgan fingerprint density at radius 1 is 1.21 bits per heavy atom. The molecule has 3 aromatic rings. The van der Waals surface area contributed by atoms with Crippen LogP contribution in [0.2, 0.25) is 0 Å². The van der Waals surface area contributed by atoms with Gasteiger partial charge in [-0.3, -0.25) is 4.79 Å². The number of fused-ring (bicyclic) bond motifs is 1. The van der Waals surface area contributed by atoms with Crippen LogP contribution in [0.15, 0.2) is 48.5 Å². The number of carbonyl (C=O) groups excluding carboxylic acids is 1. The zero-order valence-corrected chi connectivity index (χ0v) is 15.9. The van der Waals surface area contributed by atoms with Gasteiger partial charge in [0.1, 0.15) is 11.9 Å². The number of nitrogens with one attached hydrogen (secondary N) is 1. The molecule has 0 saturated carbocycles. The molecule has 0 spiro atoms. The van der Waals surface area contributed by atoms with Gasteiger partial charge in [0.25, 0.3) is 5.91 Å². The van der Waals surface area contributed by atoms with E-state index in [0.717, 1.165) is 16.9 Å². The number of ether oxygens (including phenoxy) is 2. The molecule has 1 aliphatic heterocycles. The lowest BCUT2D eigenvalue weighted by Gasteiger charge is -2.24. The maximum atomic E-state index is 12.5. The molecule has 0 aliphatic carbocycles. The molecule has 1 unspecified atom stereocenters. The number of methoxy groups -OCH3 is 1. The Balaban J connectivity index is 1.42. The van der Waals surface area contributed by atoms with Crippen LogP contribution >= 0.6 is 0 Å². The fraction of sp³-hybridized carbons (Fsp3) is 0.286. The number of amides is 1. The van der Waals surface area contributed by atoms with E-state index < -0.39 is 0 Å². The zero-order chi connectivity index (χ0) is 19.5. The largest absolute Gasteiger partial charge is 0.497 e. The van der Waals surface area contributed by atoms with Crippen molar-refractivity contribution in [3.8, 4) is 5.75 Å². The third kappa shape index (κ3) is 3.75. The predicted molar refractivity (Wildman–Crippen MR) is 103 cm³/mol. The molecule has 0 radical (unpaired) electrons. The fourth-order valence-corrected chi connectivity index (χ4v) is 3.18. The summed E-state index contributed by atoms with van der Waals surface area (Å²) in [5.41, 5.74) is 4.28. The van der Waals surface area contributed by atoms with Gasteiger partial charge in [0.15, 0.2) is 5.69 Å². The quantitative estimate of drug-likeness (QED) is 0.739. The highest BCUT2D eigenvalue weighted by Gasteiger charge is 2.27. The number of aromatic nitrogens is 3. The summed E-state index contributed by atoms with van der Waals surface area (Å²) in [7, 11) is 1.64. The van der Waals surface area contributed by atoms with Crippen LogP contribution in [-0.2, 0) is 24.4 Å². The van der Waals surface area contributed by atoms with E-state index in [-0.39, 0.29) is 18.6 Å². The number of hydrogen-bond acceptors (Lipinski definition) is 5. The highest BCUT2D eigenvalue weighted by molar-refractivity contribution is 5.93. The molecule has 0 fully saturated rings. The van der Waals surface area contributed by atoms with E-state index >= 15 is 0 Å². The smallest absolute Gasteiger partial charge is 0.274 e. The van der Waals surface area contributed by atoms with Gasteiger partial charge in [-0.2, -0.15) is 0 Å². The zero-order valence-electron chi connectivity index (χ0n) is 15.9. The molecule has 28 heavy (non-hydrogen) atoms. The van der Waals surface area contributed by atoms with Crippen molar-refractivity contribution in [3.05, 3.63) is 76.6 Å². The third-order valence-corrected chi connectivity index (χ3v) is 4.87. The Hall–Kier alpha value is -3.19. The van der Waals surface area contributed by atoms with Gasteiger partial charge >= 0.3 is 0 Å². The molecule has 0 saturated heterocycles. The Morgan fingerprint density at radius 3 is 2.68 bits per heavy atom. The molecule has 1 amide bonds. The topological polar surface area (TPSA) is 78.3 Å². The summed E-state index contributed by atoms with van der Waals surface area (Å²) in [4.78, 5) is 12.5. The molecule has 2 aromatic carbocycles. The Labute approximate surface area is 163 Å². The van der Waals surface area contributed by atoms with E-state index in [4.69, 9.17) is 9.47 Å². The first kappa shape index (κ1) is 18.2. The average Bonchev–Trinajstić information content (AvgIpc) is 3.16. The first-order chi connectivity index (χ1) is 13.6. The second-order valence-electron chi connectivity index (χ2n) is 6.81. The maximum Gasteiger partial charge on any atom is 0.274 e. The fourth-order valence-electron chi connectivity index (χ4n) is 3.18. The van der Waals surface area contributed by atoms with Crippen molar-refractivity contribution in [3.63, 3.8) is 0 Å². The lowest BCUT2D eigenvalue weighted by molar-refractivity contribution is -0.00179. The molecule has 1 N–H and O–H groups in total. The molecule has 144 valence electrons. The van der Waals surface area contributed by atoms with Gasteiger partial charge in [0, 0.05) is 6.54 Å². The summed E-state index contributed by atoms with van der Waals surface area (Å²) in [6, 6.07) is 15.8. The van der Waals surface area contributed by atoms with Crippen molar-refractivity contribution in [1.29, 1.82) is 0 Å². The summed E-state index contributed by atoms with van der Waals surface area (Å²) in [6.45, 7) is 3.28. The first-order valence-corrected chi connectivity index (χ1v) is 9.15. The van der Waals surface area contributed by atoms with E-state index in [2.05, 4.69) is 15.6 Å². The molecule has 7 nitrogen and oxygen atoms in total. The minimum atomic E-state index is -0.242. The highest BCUT2D eigenvalue weighted by atomic mass is 16.5. The van der Waals surface area contributed by atoms with Crippen molar-refractivity contribution in [2.75, 3.05) is 7.11 Å². The summed E-state index contributed by atoms with van der Waals surface area (Å²) in [6.07, 6.45) is -0.136. The van der Waals surface area contributed by atoms with Crippen molar-refractivity contribution >= 4 is 5.91 Å². The summed E-state index contributed by atoms with van der Waals surface area (Å²) < 4.78 is 12.9. The monoisotopic (exact) mass is 378 g/mol. The van der Waals surface area contributed by atoms with Crippen LogP contribution in [0.5, 0.6) is 5.75 Å². The van der Waals surface area contributed by atoms with Crippen LogP contribution in [0.3, 0.4) is 0 Å². The molecule has 7 heteroatoms. The van der Waals surface area contributed by atoms with E-state index in [0.29, 0.717) is 24.5 Å². The van der Waals surface area contributed by atoms with Crippen molar-refractivity contribution < 1.29 is 14.3 Å². The molecular weight excluding hydrogens is 356 g/mol. The van der Waals surface area contributed by atoms with Crippen LogP contribution in [0.4, 0.5) is 0 Å². The lowest BCUT2D eigenvalue weighted by Crippen LogP contribution is -2.27. The van der Waals surface area contributed by atoms with Gasteiger partial charge in [0.05, 0.1) is 26.0 Å². The molecule has 0 bridgehead atoms. The van der Waals surface area contributed by atoms with Crippen LogP contribution in [0, 0.1) is 6.92 Å². The Bertz CT molecular complexity index is 964. The molecule has 1 aromatic heterocycles. The predicted octanol–water partition coefficient (Wildman–Crippen LogP) is 2.80. The van der Waals surface area contributed by atoms with Crippen molar-refractivity contribution in [1.82, 2.24) is 20.3 Å². The SMILES string of the molecule is COc1ccc(C2Cn3nnc(C(=O)NCc4ccc(C)cc4)c3CO2)cc1. The van der Waals surface area contributed by atoms with Gasteiger partial charge in [-0.25, -0.2) is 4.68 Å². The van der Waals surface area contributed by atoms with Gasteiger partial charge in [-0.1, -0.05) is 47.2 Å². The number of rotatable bonds is 5. The standard InChI is InChI=1S/C21H22N4O3/c1-14-3-5-15(6-4-14)11-22-21(26)20-18-13-28-19(12-25(18)24-23-20)16-7-9-17(27-2)10-8-16/h3-10,19H,11-13H2,1-2H3,(H,22,26). The third-order valence-electron chi connectivity index (χ3n) is 4.87. The van der Waals surface area contributed by atoms with Crippen LogP contribution in [-0.4, -0.2) is 28.0 Å². The Kier molecular flexibility index (Phi) is 5.08. The molecule has 1 aliphatic rings. The molecule has 1 atom stereocenters. The van der Waals surface area contributed by atoms with Gasteiger partial charge in [-0.15, -0.1) is 5.10 Å². The number of benzene rings is 2. The second kappa shape index (κ2) is 7.82. The van der Waals surface area contributed by atoms with Crippen LogP contribution in [0.25, 0.3) is 0 Å². The molecule has 2 heterocycles. The van der Waals surface area contributed by atoms with Crippen molar-refractivity contribution in [2.45, 2.75) is 32.7 Å². The first-order valence-electron chi connectivity index (χ1n) is 9.15. The van der Waals surface area contributed by atoms with Crippen LogP contribution < -0.4 is 10.1 Å². The normalized spacial score (nSPS) is 15.7. The number of carbonyl (C=O) groups is 1. The minimum Gasteiger partial charge on any atom is -0.497 e. The summed E-state index contributed by atoms with van der Waals surface area (Å²) in [5.74, 6) is 0.557. The maximum absolute atomic E-state index is 12.5. The Morgan fingerprint density at radius 2 is 1.96 bits per heavy atom. The molecule has 4 rings (SSSR count). The van der Waals surface area contributed by atoms with Crippen molar-refractivity contribution in [2.24, 2.45) is 0 Å². The van der Waals surface area contributed by atoms with Gasteiger partial charge < -0.3 is 14.8 Å². The number of aryl methyl sites for hydroxylation is 1. The number of hydrogen-bond donors (Lipinski definition) is 1. The highest BCUT2D eigenvalue weighted by Crippen LogP contribution is 2.28. The number of nitrogens with zero attached hydrogens (tertiary/aromatic N) is 3.